The molecular formula is C18H25N3O3. The second kappa shape index (κ2) is 7.66. The Hall–Kier alpha value is -2.08. The Morgan fingerprint density at radius 2 is 2.29 bits per heavy atom. The number of carbonyl (C=O) groups is 1. The molecule has 1 aliphatic rings. The van der Waals surface area contributed by atoms with Crippen LogP contribution in [-0.4, -0.2) is 47.4 Å². The lowest BCUT2D eigenvalue weighted by Gasteiger charge is -2.34. The van der Waals surface area contributed by atoms with Crippen molar-refractivity contribution in [1.29, 1.82) is 0 Å². The number of piperidine rings is 1. The van der Waals surface area contributed by atoms with Gasteiger partial charge in [0.15, 0.2) is 0 Å². The summed E-state index contributed by atoms with van der Waals surface area (Å²) in [4.78, 5) is 14.2. The number of aromatic nitrogens is 2. The maximum absolute atomic E-state index is 11.9. The zero-order valence-corrected chi connectivity index (χ0v) is 14.4. The van der Waals surface area contributed by atoms with E-state index in [1.807, 2.05) is 25.1 Å². The number of nitrogens with zero attached hydrogens (tertiary/aromatic N) is 2. The molecule has 24 heavy (non-hydrogen) atoms. The number of H-pyrrole nitrogens is 1. The first kappa shape index (κ1) is 16.8. The van der Waals surface area contributed by atoms with Crippen molar-refractivity contribution in [3.8, 4) is 5.75 Å². The lowest BCUT2D eigenvalue weighted by atomic mass is 9.99. The first-order chi connectivity index (χ1) is 11.7. The van der Waals surface area contributed by atoms with Gasteiger partial charge in [0.1, 0.15) is 5.75 Å². The van der Waals surface area contributed by atoms with Crippen molar-refractivity contribution >= 4 is 16.9 Å². The minimum Gasteiger partial charge on any atom is -0.497 e. The van der Waals surface area contributed by atoms with Crippen molar-refractivity contribution in [3.05, 3.63) is 23.9 Å². The molecule has 2 aromatic rings. The van der Waals surface area contributed by atoms with Crippen molar-refractivity contribution in [2.75, 3.05) is 20.3 Å². The quantitative estimate of drug-likeness (QED) is 0.825. The molecule has 130 valence electrons. The molecule has 1 fully saturated rings. The molecule has 3 rings (SSSR count). The number of nitrogens with one attached hydrogen (secondary N) is 1. The topological polar surface area (TPSA) is 67.5 Å². The number of rotatable bonds is 6. The van der Waals surface area contributed by atoms with Gasteiger partial charge in [-0.25, -0.2) is 0 Å². The molecule has 1 N–H and O–H groups in total. The van der Waals surface area contributed by atoms with Crippen LogP contribution in [0.3, 0.4) is 0 Å². The highest BCUT2D eigenvalue weighted by atomic mass is 16.5. The van der Waals surface area contributed by atoms with Crippen LogP contribution in [0.4, 0.5) is 0 Å². The lowest BCUT2D eigenvalue weighted by molar-refractivity contribution is -0.145. The summed E-state index contributed by atoms with van der Waals surface area (Å²) in [6.45, 7) is 4.04. The van der Waals surface area contributed by atoms with Crippen LogP contribution in [0.2, 0.25) is 0 Å². The summed E-state index contributed by atoms with van der Waals surface area (Å²) in [5.41, 5.74) is 2.00. The summed E-state index contributed by atoms with van der Waals surface area (Å²) in [7, 11) is 1.67. The molecule has 0 saturated carbocycles. The molecular weight excluding hydrogens is 306 g/mol. The molecule has 2 heterocycles. The fraction of sp³-hybridized carbons (Fsp3) is 0.556. The highest BCUT2D eigenvalue weighted by molar-refractivity contribution is 5.82. The Morgan fingerprint density at radius 3 is 3.08 bits per heavy atom. The molecule has 6 nitrogen and oxygen atoms in total. The number of hydrogen-bond acceptors (Lipinski definition) is 5. The van der Waals surface area contributed by atoms with Gasteiger partial charge in [-0.2, -0.15) is 5.10 Å². The van der Waals surface area contributed by atoms with Crippen LogP contribution in [0.1, 0.15) is 38.3 Å². The average molecular weight is 331 g/mol. The maximum atomic E-state index is 11.9. The second-order valence-corrected chi connectivity index (χ2v) is 6.21. The monoisotopic (exact) mass is 331 g/mol. The minimum absolute atomic E-state index is 0.106. The first-order valence-electron chi connectivity index (χ1n) is 8.62. The SMILES string of the molecule is CCOC(=O)CC1CCCCN1Cc1[nH]nc2ccc(OC)cc12. The van der Waals surface area contributed by atoms with Crippen LogP contribution in [0.5, 0.6) is 5.75 Å². The van der Waals surface area contributed by atoms with E-state index in [1.54, 1.807) is 7.11 Å². The van der Waals surface area contributed by atoms with Crippen LogP contribution in [-0.2, 0) is 16.1 Å². The molecule has 1 aromatic carbocycles. The average Bonchev–Trinajstić information content (AvgIpc) is 2.99. The van der Waals surface area contributed by atoms with Crippen LogP contribution >= 0.6 is 0 Å². The van der Waals surface area contributed by atoms with E-state index in [1.165, 1.54) is 0 Å². The van der Waals surface area contributed by atoms with E-state index < -0.39 is 0 Å². The third kappa shape index (κ3) is 3.70. The summed E-state index contributed by atoms with van der Waals surface area (Å²) in [5.74, 6) is 0.720. The molecule has 0 spiro atoms. The van der Waals surface area contributed by atoms with E-state index >= 15 is 0 Å². The Labute approximate surface area is 142 Å². The molecule has 0 radical (unpaired) electrons. The molecule has 1 atom stereocenters. The summed E-state index contributed by atoms with van der Waals surface area (Å²) in [6, 6.07) is 6.12. The van der Waals surface area contributed by atoms with Crippen molar-refractivity contribution in [2.24, 2.45) is 0 Å². The molecule has 0 bridgehead atoms. The molecule has 6 heteroatoms. The van der Waals surface area contributed by atoms with Gasteiger partial charge in [0.2, 0.25) is 0 Å². The predicted molar refractivity (Wildman–Crippen MR) is 91.9 cm³/mol. The maximum Gasteiger partial charge on any atom is 0.307 e. The number of carbonyl (C=O) groups excluding carboxylic acids is 1. The van der Waals surface area contributed by atoms with E-state index in [4.69, 9.17) is 9.47 Å². The van der Waals surface area contributed by atoms with Crippen LogP contribution in [0, 0.1) is 0 Å². The van der Waals surface area contributed by atoms with Crippen molar-refractivity contribution in [2.45, 2.75) is 45.2 Å². The van der Waals surface area contributed by atoms with E-state index in [0.29, 0.717) is 13.0 Å². The Kier molecular flexibility index (Phi) is 5.35. The molecule has 1 saturated heterocycles. The Bertz CT molecular complexity index is 698. The zero-order valence-electron chi connectivity index (χ0n) is 14.4. The first-order valence-corrected chi connectivity index (χ1v) is 8.62. The number of methoxy groups -OCH3 is 1. The van der Waals surface area contributed by atoms with Crippen LogP contribution in [0.15, 0.2) is 18.2 Å². The zero-order chi connectivity index (χ0) is 16.9. The fourth-order valence-electron chi connectivity index (χ4n) is 3.40. The lowest BCUT2D eigenvalue weighted by Crippen LogP contribution is -2.40. The summed E-state index contributed by atoms with van der Waals surface area (Å²) in [6.07, 6.45) is 3.82. The van der Waals surface area contributed by atoms with Gasteiger partial charge in [-0.05, 0) is 44.5 Å². The van der Waals surface area contributed by atoms with E-state index in [0.717, 1.165) is 54.7 Å². The van der Waals surface area contributed by atoms with E-state index in [9.17, 15) is 4.79 Å². The minimum atomic E-state index is -0.106. The smallest absolute Gasteiger partial charge is 0.307 e. The van der Waals surface area contributed by atoms with E-state index in [2.05, 4.69) is 15.1 Å². The molecule has 0 aliphatic carbocycles. The van der Waals surface area contributed by atoms with Gasteiger partial charge < -0.3 is 9.47 Å². The highest BCUT2D eigenvalue weighted by Crippen LogP contribution is 2.26. The highest BCUT2D eigenvalue weighted by Gasteiger charge is 2.26. The number of esters is 1. The van der Waals surface area contributed by atoms with Gasteiger partial charge in [0.25, 0.3) is 0 Å². The number of aromatic amines is 1. The number of benzene rings is 1. The number of fused-ring (bicyclic) bond motifs is 1. The fourth-order valence-corrected chi connectivity index (χ4v) is 3.40. The largest absolute Gasteiger partial charge is 0.497 e. The summed E-state index contributed by atoms with van der Waals surface area (Å²) < 4.78 is 10.4. The van der Waals surface area contributed by atoms with Gasteiger partial charge >= 0.3 is 5.97 Å². The second-order valence-electron chi connectivity index (χ2n) is 6.21. The van der Waals surface area contributed by atoms with Gasteiger partial charge in [-0.15, -0.1) is 0 Å². The number of ether oxygens (including phenoxy) is 2. The number of likely N-dealkylation sites (tertiary alicyclic amines) is 1. The van der Waals surface area contributed by atoms with Crippen LogP contribution < -0.4 is 4.74 Å². The van der Waals surface area contributed by atoms with Gasteiger partial charge in [-0.1, -0.05) is 6.42 Å². The van der Waals surface area contributed by atoms with Crippen LogP contribution in [0.25, 0.3) is 10.9 Å². The Morgan fingerprint density at radius 1 is 1.42 bits per heavy atom. The summed E-state index contributed by atoms with van der Waals surface area (Å²) in [5, 5.41) is 8.60. The molecule has 1 unspecified atom stereocenters. The van der Waals surface area contributed by atoms with Gasteiger partial charge in [0, 0.05) is 18.0 Å². The molecule has 1 aromatic heterocycles. The van der Waals surface area contributed by atoms with Gasteiger partial charge in [0.05, 0.1) is 31.3 Å². The van der Waals surface area contributed by atoms with Gasteiger partial charge in [-0.3, -0.25) is 14.8 Å². The standard InChI is InChI=1S/C18H25N3O3/c1-3-24-18(22)10-13-6-4-5-9-21(13)12-17-15-11-14(23-2)7-8-16(15)19-20-17/h7-8,11,13H,3-6,9-10,12H2,1-2H3,(H,19,20). The van der Waals surface area contributed by atoms with Crippen molar-refractivity contribution in [3.63, 3.8) is 0 Å². The third-order valence-electron chi connectivity index (χ3n) is 4.66. The summed E-state index contributed by atoms with van der Waals surface area (Å²) >= 11 is 0. The van der Waals surface area contributed by atoms with Crippen molar-refractivity contribution < 1.29 is 14.3 Å². The van der Waals surface area contributed by atoms with Crippen molar-refractivity contribution in [1.82, 2.24) is 15.1 Å². The Balaban J connectivity index is 1.76. The molecule has 0 amide bonds. The molecule has 1 aliphatic heterocycles. The third-order valence-corrected chi connectivity index (χ3v) is 4.66. The normalized spacial score (nSPS) is 18.7. The number of hydrogen-bond donors (Lipinski definition) is 1. The predicted octanol–water partition coefficient (Wildman–Crippen LogP) is 2.88. The van der Waals surface area contributed by atoms with E-state index in [-0.39, 0.29) is 12.0 Å².